The molecule has 3 amide bonds. The number of aryl methyl sites for hydroxylation is 2. The molecule has 7 nitrogen and oxygen atoms in total. The zero-order valence-electron chi connectivity index (χ0n) is 17.2. The Bertz CT molecular complexity index is 783. The highest BCUT2D eigenvalue weighted by molar-refractivity contribution is 6.01. The number of nitrogens with one attached hydrogen (secondary N) is 2. The first-order valence-electron chi connectivity index (χ1n) is 9.73. The van der Waals surface area contributed by atoms with Gasteiger partial charge in [0.05, 0.1) is 12.0 Å². The molecule has 2 fully saturated rings. The number of amides is 3. The molecule has 0 bridgehead atoms. The van der Waals surface area contributed by atoms with E-state index in [0.717, 1.165) is 35.5 Å². The molecule has 1 unspecified atom stereocenters. The van der Waals surface area contributed by atoms with Crippen molar-refractivity contribution >= 4 is 23.6 Å². The molecule has 152 valence electrons. The van der Waals surface area contributed by atoms with Crippen LogP contribution in [0.2, 0.25) is 0 Å². The van der Waals surface area contributed by atoms with E-state index in [1.807, 2.05) is 34.6 Å². The molecule has 2 aliphatic rings. The number of carbonyl (C=O) groups excluding carboxylic acids is 3. The van der Waals surface area contributed by atoms with Crippen LogP contribution in [0.25, 0.3) is 0 Å². The Balaban J connectivity index is 1.64. The molecule has 1 aromatic carbocycles. The highest BCUT2D eigenvalue weighted by Gasteiger charge is 2.33. The van der Waals surface area contributed by atoms with Gasteiger partial charge in [-0.2, -0.15) is 0 Å². The van der Waals surface area contributed by atoms with Crippen LogP contribution in [-0.2, 0) is 14.3 Å². The molecule has 7 heteroatoms. The second-order valence-electron chi connectivity index (χ2n) is 8.75. The lowest BCUT2D eigenvalue weighted by Gasteiger charge is -2.42. The van der Waals surface area contributed by atoms with Gasteiger partial charge in [-0.3, -0.25) is 14.9 Å². The minimum Gasteiger partial charge on any atom is -0.444 e. The first kappa shape index (κ1) is 20.2. The van der Waals surface area contributed by atoms with Crippen LogP contribution in [0.5, 0.6) is 0 Å². The molecule has 0 radical (unpaired) electrons. The number of nitrogens with zero attached hydrogens (tertiary/aromatic N) is 1. The summed E-state index contributed by atoms with van der Waals surface area (Å²) in [6, 6.07) is 4.22. The molecule has 0 spiro atoms. The zero-order chi connectivity index (χ0) is 20.6. The molecular weight excluding hydrogens is 358 g/mol. The summed E-state index contributed by atoms with van der Waals surface area (Å²) in [5.41, 5.74) is 3.68. The van der Waals surface area contributed by atoms with Crippen LogP contribution in [0, 0.1) is 13.8 Å². The van der Waals surface area contributed by atoms with Gasteiger partial charge in [-0.1, -0.05) is 0 Å². The Hall–Kier alpha value is -2.57. The van der Waals surface area contributed by atoms with Gasteiger partial charge in [0.15, 0.2) is 0 Å². The van der Waals surface area contributed by atoms with Crippen LogP contribution in [0.3, 0.4) is 0 Å². The number of imide groups is 1. The topological polar surface area (TPSA) is 87.7 Å². The summed E-state index contributed by atoms with van der Waals surface area (Å²) >= 11 is 0. The fraction of sp³-hybridized carbons (Fsp3) is 0.571. The lowest BCUT2D eigenvalue weighted by molar-refractivity contribution is -0.134. The minimum atomic E-state index is -0.506. The summed E-state index contributed by atoms with van der Waals surface area (Å²) in [5.74, 6) is -0.678. The minimum absolute atomic E-state index is 0.0604. The van der Waals surface area contributed by atoms with Crippen LogP contribution in [0.4, 0.5) is 10.5 Å². The van der Waals surface area contributed by atoms with Crippen molar-refractivity contribution in [2.24, 2.45) is 0 Å². The number of anilines is 1. The van der Waals surface area contributed by atoms with E-state index in [2.05, 4.69) is 27.7 Å². The molecule has 0 aromatic heterocycles. The van der Waals surface area contributed by atoms with E-state index in [9.17, 15) is 14.4 Å². The number of carbonyl (C=O) groups is 3. The fourth-order valence-electron chi connectivity index (χ4n) is 3.91. The Morgan fingerprint density at radius 3 is 2.32 bits per heavy atom. The number of alkyl carbamates (subject to hydrolysis) is 1. The van der Waals surface area contributed by atoms with Gasteiger partial charge >= 0.3 is 6.09 Å². The smallest absolute Gasteiger partial charge is 0.407 e. The van der Waals surface area contributed by atoms with Crippen LogP contribution < -0.4 is 15.5 Å². The first-order chi connectivity index (χ1) is 13.0. The second-order valence-corrected chi connectivity index (χ2v) is 8.75. The highest BCUT2D eigenvalue weighted by atomic mass is 16.6. The molecule has 2 saturated heterocycles. The molecule has 1 aromatic rings. The van der Waals surface area contributed by atoms with Gasteiger partial charge in [-0.05, 0) is 69.9 Å². The van der Waals surface area contributed by atoms with Crippen molar-refractivity contribution in [3.63, 3.8) is 0 Å². The molecule has 2 heterocycles. The van der Waals surface area contributed by atoms with E-state index in [1.54, 1.807) is 0 Å². The van der Waals surface area contributed by atoms with Crippen molar-refractivity contribution in [3.8, 4) is 0 Å². The van der Waals surface area contributed by atoms with E-state index in [-0.39, 0.29) is 23.8 Å². The van der Waals surface area contributed by atoms with Crippen molar-refractivity contribution in [3.05, 3.63) is 28.8 Å². The molecule has 1 atom stereocenters. The number of hydrogen-bond acceptors (Lipinski definition) is 5. The summed E-state index contributed by atoms with van der Waals surface area (Å²) in [5, 5.41) is 5.33. The Labute approximate surface area is 165 Å². The number of ether oxygens (including phenoxy) is 1. The summed E-state index contributed by atoms with van der Waals surface area (Å²) in [4.78, 5) is 37.7. The Morgan fingerprint density at radius 2 is 1.79 bits per heavy atom. The summed E-state index contributed by atoms with van der Waals surface area (Å²) in [7, 11) is 0. The van der Waals surface area contributed by atoms with Gasteiger partial charge in [0.25, 0.3) is 0 Å². The van der Waals surface area contributed by atoms with Crippen LogP contribution in [-0.4, -0.2) is 42.6 Å². The fourth-order valence-corrected chi connectivity index (χ4v) is 3.91. The quantitative estimate of drug-likeness (QED) is 0.778. The first-order valence-corrected chi connectivity index (χ1v) is 9.73. The Kier molecular flexibility index (Phi) is 5.37. The summed E-state index contributed by atoms with van der Waals surface area (Å²) in [6.45, 7) is 11.0. The van der Waals surface area contributed by atoms with Crippen LogP contribution >= 0.6 is 0 Å². The average Bonchev–Trinajstić information content (AvgIpc) is 2.50. The van der Waals surface area contributed by atoms with Gasteiger partial charge in [0.1, 0.15) is 5.60 Å². The third-order valence-electron chi connectivity index (χ3n) is 5.13. The van der Waals surface area contributed by atoms with E-state index in [4.69, 9.17) is 4.74 Å². The maximum Gasteiger partial charge on any atom is 0.407 e. The van der Waals surface area contributed by atoms with Gasteiger partial charge < -0.3 is 15.0 Å². The zero-order valence-corrected chi connectivity index (χ0v) is 17.2. The molecule has 2 N–H and O–H groups in total. The van der Waals surface area contributed by atoms with Crippen molar-refractivity contribution in [1.82, 2.24) is 10.6 Å². The van der Waals surface area contributed by atoms with Gasteiger partial charge in [0, 0.05) is 25.2 Å². The van der Waals surface area contributed by atoms with E-state index < -0.39 is 11.7 Å². The molecule has 0 aliphatic carbocycles. The maximum absolute atomic E-state index is 12.2. The Morgan fingerprint density at radius 1 is 1.18 bits per heavy atom. The number of piperidine rings is 1. The van der Waals surface area contributed by atoms with Crippen molar-refractivity contribution in [2.75, 3.05) is 18.0 Å². The predicted octanol–water partition coefficient (Wildman–Crippen LogP) is 2.54. The van der Waals surface area contributed by atoms with E-state index in [0.29, 0.717) is 12.8 Å². The monoisotopic (exact) mass is 387 g/mol. The third kappa shape index (κ3) is 4.46. The van der Waals surface area contributed by atoms with E-state index in [1.165, 1.54) is 0 Å². The van der Waals surface area contributed by atoms with Crippen molar-refractivity contribution in [2.45, 2.75) is 65.0 Å². The van der Waals surface area contributed by atoms with Crippen LogP contribution in [0.1, 0.15) is 56.2 Å². The van der Waals surface area contributed by atoms with Gasteiger partial charge in [-0.15, -0.1) is 0 Å². The largest absolute Gasteiger partial charge is 0.444 e. The highest BCUT2D eigenvalue weighted by Crippen LogP contribution is 2.34. The molecule has 28 heavy (non-hydrogen) atoms. The standard InChI is InChI=1S/C21H29N3O4/c1-12-8-15(24-10-14(11-24)22-20(27)28-21(3,4)5)9-13(2)18(12)16-6-7-17(25)23-19(16)26/h8-9,14,16H,6-7,10-11H2,1-5H3,(H,22,27)(H,23,25,26). The number of benzene rings is 1. The van der Waals surface area contributed by atoms with Crippen molar-refractivity contribution in [1.29, 1.82) is 0 Å². The molecule has 2 aliphatic heterocycles. The SMILES string of the molecule is Cc1cc(N2CC(NC(=O)OC(C)(C)C)C2)cc(C)c1C1CCC(=O)NC1=O. The van der Waals surface area contributed by atoms with Gasteiger partial charge in [-0.25, -0.2) is 4.79 Å². The van der Waals surface area contributed by atoms with Gasteiger partial charge in [0.2, 0.25) is 11.8 Å². The number of hydrogen-bond donors (Lipinski definition) is 2. The second kappa shape index (κ2) is 7.45. The predicted molar refractivity (Wildman–Crippen MR) is 106 cm³/mol. The summed E-state index contributed by atoms with van der Waals surface area (Å²) < 4.78 is 5.29. The lowest BCUT2D eigenvalue weighted by atomic mass is 9.84. The molecular formula is C21H29N3O4. The van der Waals surface area contributed by atoms with E-state index >= 15 is 0 Å². The van der Waals surface area contributed by atoms with Crippen LogP contribution in [0.15, 0.2) is 12.1 Å². The maximum atomic E-state index is 12.2. The lowest BCUT2D eigenvalue weighted by Crippen LogP contribution is -2.60. The molecule has 0 saturated carbocycles. The third-order valence-corrected chi connectivity index (χ3v) is 5.13. The average molecular weight is 387 g/mol. The van der Waals surface area contributed by atoms with Crippen molar-refractivity contribution < 1.29 is 19.1 Å². The number of rotatable bonds is 3. The normalized spacial score (nSPS) is 20.5. The molecule has 3 rings (SSSR count). The summed E-state index contributed by atoms with van der Waals surface area (Å²) in [6.07, 6.45) is 0.538.